The topological polar surface area (TPSA) is 37.4 Å². The molecule has 96 valence electrons. The molecular weight excluding hydrogens is 308 g/mol. The first kappa shape index (κ1) is 13.1. The lowest BCUT2D eigenvalue weighted by atomic mass is 10.2. The van der Waals surface area contributed by atoms with Crippen LogP contribution in [0.5, 0.6) is 0 Å². The average molecular weight is 318 g/mol. The van der Waals surface area contributed by atoms with Gasteiger partial charge in [0.05, 0.1) is 0 Å². The zero-order valence-electron chi connectivity index (χ0n) is 9.38. The molecule has 3 nitrogen and oxygen atoms in total. The maximum atomic E-state index is 13.8. The van der Waals surface area contributed by atoms with Crippen molar-refractivity contribution in [2.24, 2.45) is 0 Å². The third kappa shape index (κ3) is 2.43. The number of nitrogens with zero attached hydrogens (tertiary/aromatic N) is 1. The highest BCUT2D eigenvalue weighted by Crippen LogP contribution is 2.30. The van der Waals surface area contributed by atoms with Crippen LogP contribution in [-0.4, -0.2) is 11.8 Å². The standard InChI is InChI=1S/C12H10BrF2NO2/c13-7-5-8(14)12(9(15)6-7)16-10(17)3-1-2-4-11(16)18/h5-6H,1-4H2. The quantitative estimate of drug-likeness (QED) is 0.746. The Balaban J connectivity index is 2.52. The highest BCUT2D eigenvalue weighted by Gasteiger charge is 2.30. The number of imide groups is 1. The second kappa shape index (κ2) is 5.14. The van der Waals surface area contributed by atoms with Crippen LogP contribution in [0.3, 0.4) is 0 Å². The van der Waals surface area contributed by atoms with E-state index in [0.29, 0.717) is 17.7 Å². The Morgan fingerprint density at radius 3 is 1.89 bits per heavy atom. The first-order valence-electron chi connectivity index (χ1n) is 5.51. The molecule has 1 saturated heterocycles. The van der Waals surface area contributed by atoms with Crippen molar-refractivity contribution in [2.75, 3.05) is 4.90 Å². The van der Waals surface area contributed by atoms with E-state index in [0.717, 1.165) is 12.1 Å². The normalized spacial score (nSPS) is 16.9. The van der Waals surface area contributed by atoms with E-state index in [1.54, 1.807) is 0 Å². The van der Waals surface area contributed by atoms with Crippen molar-refractivity contribution in [1.29, 1.82) is 0 Å². The van der Waals surface area contributed by atoms with Gasteiger partial charge in [-0.2, -0.15) is 0 Å². The van der Waals surface area contributed by atoms with E-state index >= 15 is 0 Å². The third-order valence-electron chi connectivity index (χ3n) is 2.74. The SMILES string of the molecule is O=C1CCCCC(=O)N1c1c(F)cc(Br)cc1F. The summed E-state index contributed by atoms with van der Waals surface area (Å²) in [5, 5.41) is 0. The molecule has 1 heterocycles. The number of carbonyl (C=O) groups excluding carboxylic acids is 2. The number of anilines is 1. The summed E-state index contributed by atoms with van der Waals surface area (Å²) in [6, 6.07) is 2.06. The molecule has 0 atom stereocenters. The van der Waals surface area contributed by atoms with Gasteiger partial charge in [0.15, 0.2) is 11.6 Å². The summed E-state index contributed by atoms with van der Waals surface area (Å²) in [5.41, 5.74) is -0.574. The minimum Gasteiger partial charge on any atom is -0.274 e. The van der Waals surface area contributed by atoms with Crippen LogP contribution in [0.15, 0.2) is 16.6 Å². The molecule has 1 aromatic carbocycles. The number of hydrogen-bond donors (Lipinski definition) is 0. The Labute approximate surface area is 111 Å². The highest BCUT2D eigenvalue weighted by molar-refractivity contribution is 9.10. The highest BCUT2D eigenvalue weighted by atomic mass is 79.9. The predicted octanol–water partition coefficient (Wildman–Crippen LogP) is 3.16. The summed E-state index contributed by atoms with van der Waals surface area (Å²) in [7, 11) is 0. The molecule has 0 bridgehead atoms. The molecule has 1 aliphatic rings. The van der Waals surface area contributed by atoms with Gasteiger partial charge in [-0.05, 0) is 25.0 Å². The number of amides is 2. The number of carbonyl (C=O) groups is 2. The molecule has 2 rings (SSSR count). The van der Waals surface area contributed by atoms with Gasteiger partial charge in [0, 0.05) is 17.3 Å². The molecule has 0 saturated carbocycles. The van der Waals surface area contributed by atoms with E-state index in [2.05, 4.69) is 15.9 Å². The Morgan fingerprint density at radius 1 is 1.00 bits per heavy atom. The van der Waals surface area contributed by atoms with Crippen LogP contribution in [0.1, 0.15) is 25.7 Å². The summed E-state index contributed by atoms with van der Waals surface area (Å²) in [5.74, 6) is -2.97. The molecule has 0 radical (unpaired) electrons. The Morgan fingerprint density at radius 2 is 1.44 bits per heavy atom. The Bertz CT molecular complexity index is 478. The number of rotatable bonds is 1. The molecule has 0 aromatic heterocycles. The monoisotopic (exact) mass is 317 g/mol. The largest absolute Gasteiger partial charge is 0.274 e. The maximum absolute atomic E-state index is 13.8. The van der Waals surface area contributed by atoms with Gasteiger partial charge >= 0.3 is 0 Å². The smallest absolute Gasteiger partial charge is 0.233 e. The molecule has 0 spiro atoms. The van der Waals surface area contributed by atoms with Crippen LogP contribution < -0.4 is 4.90 Å². The Hall–Kier alpha value is -1.30. The summed E-state index contributed by atoms with van der Waals surface area (Å²) in [4.78, 5) is 24.2. The van der Waals surface area contributed by atoms with Crippen molar-refractivity contribution in [3.05, 3.63) is 28.2 Å². The fourth-order valence-electron chi connectivity index (χ4n) is 1.91. The van der Waals surface area contributed by atoms with Crippen LogP contribution in [0.25, 0.3) is 0 Å². The molecule has 1 aliphatic heterocycles. The molecule has 1 aromatic rings. The van der Waals surface area contributed by atoms with Crippen LogP contribution in [0.2, 0.25) is 0 Å². The van der Waals surface area contributed by atoms with Gasteiger partial charge in [-0.1, -0.05) is 15.9 Å². The van der Waals surface area contributed by atoms with Crippen molar-refractivity contribution in [2.45, 2.75) is 25.7 Å². The lowest BCUT2D eigenvalue weighted by Gasteiger charge is -2.20. The fourth-order valence-corrected chi connectivity index (χ4v) is 2.31. The summed E-state index contributed by atoms with van der Waals surface area (Å²) < 4.78 is 27.7. The maximum Gasteiger partial charge on any atom is 0.233 e. The van der Waals surface area contributed by atoms with Crippen molar-refractivity contribution in [3.63, 3.8) is 0 Å². The zero-order chi connectivity index (χ0) is 13.3. The third-order valence-corrected chi connectivity index (χ3v) is 3.19. The minimum atomic E-state index is -0.925. The molecule has 0 aliphatic carbocycles. The van der Waals surface area contributed by atoms with Gasteiger partial charge in [-0.25, -0.2) is 13.7 Å². The van der Waals surface area contributed by atoms with Crippen LogP contribution in [-0.2, 0) is 9.59 Å². The molecule has 2 amide bonds. The summed E-state index contributed by atoms with van der Waals surface area (Å²) >= 11 is 2.95. The van der Waals surface area contributed by atoms with Gasteiger partial charge in [-0.15, -0.1) is 0 Å². The van der Waals surface area contributed by atoms with E-state index in [9.17, 15) is 18.4 Å². The van der Waals surface area contributed by atoms with Crippen molar-refractivity contribution in [3.8, 4) is 0 Å². The average Bonchev–Trinajstić information content (AvgIpc) is 2.42. The molecular formula is C12H10BrF2NO2. The fraction of sp³-hybridized carbons (Fsp3) is 0.333. The molecule has 18 heavy (non-hydrogen) atoms. The number of hydrogen-bond acceptors (Lipinski definition) is 2. The van der Waals surface area contributed by atoms with Crippen LogP contribution >= 0.6 is 15.9 Å². The molecule has 1 fully saturated rings. The van der Waals surface area contributed by atoms with Gasteiger partial charge in [0.2, 0.25) is 11.8 Å². The van der Waals surface area contributed by atoms with E-state index in [-0.39, 0.29) is 17.3 Å². The zero-order valence-corrected chi connectivity index (χ0v) is 11.0. The molecule has 0 N–H and O–H groups in total. The van der Waals surface area contributed by atoms with Crippen LogP contribution in [0, 0.1) is 11.6 Å². The van der Waals surface area contributed by atoms with Gasteiger partial charge in [-0.3, -0.25) is 9.59 Å². The minimum absolute atomic E-state index is 0.126. The van der Waals surface area contributed by atoms with Gasteiger partial charge in [0.1, 0.15) is 5.69 Å². The lowest BCUT2D eigenvalue weighted by molar-refractivity contribution is -0.125. The van der Waals surface area contributed by atoms with E-state index in [1.165, 1.54) is 0 Å². The predicted molar refractivity (Wildman–Crippen MR) is 65.0 cm³/mol. The Kier molecular flexibility index (Phi) is 3.75. The lowest BCUT2D eigenvalue weighted by Crippen LogP contribution is -2.36. The first-order valence-corrected chi connectivity index (χ1v) is 6.30. The van der Waals surface area contributed by atoms with Gasteiger partial charge in [0.25, 0.3) is 0 Å². The van der Waals surface area contributed by atoms with E-state index < -0.39 is 29.1 Å². The molecule has 6 heteroatoms. The van der Waals surface area contributed by atoms with Crippen molar-refractivity contribution < 1.29 is 18.4 Å². The van der Waals surface area contributed by atoms with Crippen molar-refractivity contribution in [1.82, 2.24) is 0 Å². The number of halogens is 3. The van der Waals surface area contributed by atoms with E-state index in [1.807, 2.05) is 0 Å². The van der Waals surface area contributed by atoms with E-state index in [4.69, 9.17) is 0 Å². The van der Waals surface area contributed by atoms with Crippen LogP contribution in [0.4, 0.5) is 14.5 Å². The van der Waals surface area contributed by atoms with Gasteiger partial charge < -0.3 is 0 Å². The first-order chi connectivity index (χ1) is 8.50. The summed E-state index contributed by atoms with van der Waals surface area (Å²) in [6.45, 7) is 0. The summed E-state index contributed by atoms with van der Waals surface area (Å²) in [6.07, 6.45) is 1.36. The number of benzene rings is 1. The second-order valence-corrected chi connectivity index (χ2v) is 4.96. The second-order valence-electron chi connectivity index (χ2n) is 4.05. The molecule has 0 unspecified atom stereocenters. The van der Waals surface area contributed by atoms with Crippen molar-refractivity contribution >= 4 is 33.4 Å².